The van der Waals surface area contributed by atoms with E-state index in [9.17, 15) is 18.0 Å². The summed E-state index contributed by atoms with van der Waals surface area (Å²) < 4.78 is 36.8. The molecule has 2 rings (SSSR count). The van der Waals surface area contributed by atoms with E-state index in [0.29, 0.717) is 23.6 Å². The van der Waals surface area contributed by atoms with Crippen molar-refractivity contribution in [3.05, 3.63) is 54.1 Å². The molecule has 0 aliphatic heterocycles. The molecule has 1 N–H and O–H groups in total. The van der Waals surface area contributed by atoms with Crippen LogP contribution in [0.5, 0.6) is 11.5 Å². The molecule has 0 heterocycles. The van der Waals surface area contributed by atoms with Crippen LogP contribution < -0.4 is 19.1 Å². The van der Waals surface area contributed by atoms with Crippen LogP contribution in [0.25, 0.3) is 0 Å². The van der Waals surface area contributed by atoms with Crippen LogP contribution >= 0.6 is 0 Å². The molecule has 0 bridgehead atoms. The summed E-state index contributed by atoms with van der Waals surface area (Å²) in [5.74, 6) is 0.780. The first-order valence-electron chi connectivity index (χ1n) is 12.6. The smallest absolute Gasteiger partial charge is 0.243 e. The summed E-state index contributed by atoms with van der Waals surface area (Å²) in [4.78, 5) is 28.3. The quantitative estimate of drug-likeness (QED) is 0.407. The third kappa shape index (κ3) is 9.24. The summed E-state index contributed by atoms with van der Waals surface area (Å²) in [6, 6.07) is 13.5. The minimum Gasteiger partial charge on any atom is -0.497 e. The van der Waals surface area contributed by atoms with E-state index < -0.39 is 21.6 Å². The topological polar surface area (TPSA) is 105 Å². The highest BCUT2D eigenvalue weighted by molar-refractivity contribution is 7.92. The molecule has 2 amide bonds. The highest BCUT2D eigenvalue weighted by Crippen LogP contribution is 2.24. The third-order valence-corrected chi connectivity index (χ3v) is 7.08. The van der Waals surface area contributed by atoms with Crippen molar-refractivity contribution in [1.82, 2.24) is 10.2 Å². The van der Waals surface area contributed by atoms with Crippen LogP contribution in [0.15, 0.2) is 48.5 Å². The number of carbonyl (C=O) groups excluding carboxylic acids is 2. The SMILES string of the molecule is CC[C@H](C(=O)NC(C)(C)C)N(Cc1ccc(OC)cc1)C(=O)CCCN(c1cccc(OC)c1)S(C)(=O)=O. The van der Waals surface area contributed by atoms with Gasteiger partial charge in [0, 0.05) is 31.1 Å². The first-order chi connectivity index (χ1) is 17.8. The Hall–Kier alpha value is -3.27. The van der Waals surface area contributed by atoms with E-state index in [2.05, 4.69) is 5.32 Å². The molecule has 9 nitrogen and oxygen atoms in total. The molecule has 0 aliphatic carbocycles. The molecular weight excluding hydrogens is 506 g/mol. The lowest BCUT2D eigenvalue weighted by Gasteiger charge is -2.33. The number of anilines is 1. The predicted molar refractivity (Wildman–Crippen MR) is 150 cm³/mol. The molecule has 10 heteroatoms. The number of ether oxygens (including phenoxy) is 2. The predicted octanol–water partition coefficient (Wildman–Crippen LogP) is 3.97. The summed E-state index contributed by atoms with van der Waals surface area (Å²) in [6.45, 7) is 7.90. The Morgan fingerprint density at radius 3 is 2.16 bits per heavy atom. The van der Waals surface area contributed by atoms with Crippen LogP contribution in [0.2, 0.25) is 0 Å². The maximum absolute atomic E-state index is 13.5. The number of rotatable bonds is 13. The number of nitrogens with zero attached hydrogens (tertiary/aromatic N) is 2. The molecule has 0 saturated carbocycles. The average molecular weight is 548 g/mol. The summed E-state index contributed by atoms with van der Waals surface area (Å²) in [6.07, 6.45) is 1.92. The van der Waals surface area contributed by atoms with Crippen molar-refractivity contribution in [3.8, 4) is 11.5 Å². The molecule has 38 heavy (non-hydrogen) atoms. The first kappa shape index (κ1) is 31.0. The van der Waals surface area contributed by atoms with E-state index in [1.54, 1.807) is 36.3 Å². The van der Waals surface area contributed by atoms with Crippen LogP contribution in [0.3, 0.4) is 0 Å². The Morgan fingerprint density at radius 2 is 1.63 bits per heavy atom. The van der Waals surface area contributed by atoms with Gasteiger partial charge < -0.3 is 19.7 Å². The molecule has 0 unspecified atom stereocenters. The van der Waals surface area contributed by atoms with Crippen LogP contribution in [0, 0.1) is 0 Å². The average Bonchev–Trinajstić information content (AvgIpc) is 2.85. The summed E-state index contributed by atoms with van der Waals surface area (Å²) in [5.41, 5.74) is 0.868. The van der Waals surface area contributed by atoms with Crippen LogP contribution in [-0.2, 0) is 26.2 Å². The molecule has 0 saturated heterocycles. The fourth-order valence-electron chi connectivity index (χ4n) is 4.07. The molecule has 1 atom stereocenters. The summed E-state index contributed by atoms with van der Waals surface area (Å²) in [5, 5.41) is 2.98. The number of nitrogens with one attached hydrogen (secondary N) is 1. The van der Waals surface area contributed by atoms with Crippen molar-refractivity contribution in [1.29, 1.82) is 0 Å². The van der Waals surface area contributed by atoms with Gasteiger partial charge in [-0.3, -0.25) is 13.9 Å². The lowest BCUT2D eigenvalue weighted by Crippen LogP contribution is -2.53. The van der Waals surface area contributed by atoms with Gasteiger partial charge in [0.1, 0.15) is 17.5 Å². The van der Waals surface area contributed by atoms with Gasteiger partial charge in [0.15, 0.2) is 0 Å². The van der Waals surface area contributed by atoms with E-state index in [-0.39, 0.29) is 37.7 Å². The van der Waals surface area contributed by atoms with Crippen molar-refractivity contribution in [2.24, 2.45) is 0 Å². The van der Waals surface area contributed by atoms with Gasteiger partial charge in [0.25, 0.3) is 0 Å². The molecule has 0 aliphatic rings. The van der Waals surface area contributed by atoms with Gasteiger partial charge in [-0.1, -0.05) is 25.1 Å². The molecule has 0 radical (unpaired) electrons. The number of hydrogen-bond donors (Lipinski definition) is 1. The Balaban J connectivity index is 2.25. The number of hydrogen-bond acceptors (Lipinski definition) is 6. The van der Waals surface area contributed by atoms with E-state index in [0.717, 1.165) is 11.8 Å². The van der Waals surface area contributed by atoms with Gasteiger partial charge in [0.05, 0.1) is 26.2 Å². The van der Waals surface area contributed by atoms with Crippen molar-refractivity contribution in [2.75, 3.05) is 31.3 Å². The highest BCUT2D eigenvalue weighted by atomic mass is 32.2. The first-order valence-corrected chi connectivity index (χ1v) is 14.5. The minimum atomic E-state index is -3.59. The largest absolute Gasteiger partial charge is 0.497 e. The van der Waals surface area contributed by atoms with Crippen molar-refractivity contribution in [3.63, 3.8) is 0 Å². The van der Waals surface area contributed by atoms with Crippen molar-refractivity contribution in [2.45, 2.75) is 65.1 Å². The van der Waals surface area contributed by atoms with Crippen LogP contribution in [0.1, 0.15) is 52.5 Å². The van der Waals surface area contributed by atoms with Gasteiger partial charge in [-0.25, -0.2) is 8.42 Å². The Kier molecular flexibility index (Phi) is 11.0. The van der Waals surface area contributed by atoms with Gasteiger partial charge in [-0.15, -0.1) is 0 Å². The molecule has 0 spiro atoms. The second-order valence-electron chi connectivity index (χ2n) is 10.2. The number of carbonyl (C=O) groups is 2. The Morgan fingerprint density at radius 1 is 1.00 bits per heavy atom. The van der Waals surface area contributed by atoms with Crippen molar-refractivity contribution >= 4 is 27.5 Å². The van der Waals surface area contributed by atoms with Gasteiger partial charge in [-0.2, -0.15) is 0 Å². The summed E-state index contributed by atoms with van der Waals surface area (Å²) in [7, 11) is -0.497. The minimum absolute atomic E-state index is 0.0748. The maximum Gasteiger partial charge on any atom is 0.243 e. The summed E-state index contributed by atoms with van der Waals surface area (Å²) >= 11 is 0. The molecule has 0 aromatic heterocycles. The molecular formula is C28H41N3O6S. The normalized spacial score (nSPS) is 12.4. The highest BCUT2D eigenvalue weighted by Gasteiger charge is 2.30. The van der Waals surface area contributed by atoms with Crippen LogP contribution in [0.4, 0.5) is 5.69 Å². The maximum atomic E-state index is 13.5. The Labute approximate surface area is 227 Å². The zero-order valence-corrected chi connectivity index (χ0v) is 24.3. The Bertz CT molecular complexity index is 1180. The number of sulfonamides is 1. The second-order valence-corrected chi connectivity index (χ2v) is 12.1. The fraction of sp³-hybridized carbons (Fsp3) is 0.500. The number of benzene rings is 2. The lowest BCUT2D eigenvalue weighted by molar-refractivity contribution is -0.142. The number of methoxy groups -OCH3 is 2. The van der Waals surface area contributed by atoms with Gasteiger partial charge in [-0.05, 0) is 63.4 Å². The van der Waals surface area contributed by atoms with E-state index in [4.69, 9.17) is 9.47 Å². The van der Waals surface area contributed by atoms with Gasteiger partial charge >= 0.3 is 0 Å². The zero-order valence-electron chi connectivity index (χ0n) is 23.5. The third-order valence-electron chi connectivity index (χ3n) is 5.89. The zero-order chi connectivity index (χ0) is 28.5. The van der Waals surface area contributed by atoms with E-state index >= 15 is 0 Å². The molecule has 210 valence electrons. The van der Waals surface area contributed by atoms with E-state index in [1.807, 2.05) is 52.0 Å². The monoisotopic (exact) mass is 547 g/mol. The standard InChI is InChI=1S/C28H41N3O6S/c1-8-25(27(33)29-28(2,3)4)30(20-21-14-16-23(36-5)17-15-21)26(32)13-10-18-31(38(7,34)35)22-11-9-12-24(19-22)37-6/h9,11-12,14-17,19,25H,8,10,13,18,20H2,1-7H3,(H,29,33)/t25-/m1/s1. The fourth-order valence-corrected chi connectivity index (χ4v) is 5.03. The lowest BCUT2D eigenvalue weighted by atomic mass is 10.0. The molecule has 0 fully saturated rings. The van der Waals surface area contributed by atoms with E-state index in [1.165, 1.54) is 11.4 Å². The second kappa shape index (κ2) is 13.5. The molecule has 2 aromatic rings. The van der Waals surface area contributed by atoms with Crippen molar-refractivity contribution < 1.29 is 27.5 Å². The molecule has 2 aromatic carbocycles. The van der Waals surface area contributed by atoms with Crippen LogP contribution in [-0.4, -0.2) is 63.7 Å². The number of amides is 2. The van der Waals surface area contributed by atoms with Gasteiger partial charge in [0.2, 0.25) is 21.8 Å².